The number of benzene rings is 2. The number of anilines is 1. The van der Waals surface area contributed by atoms with Crippen LogP contribution >= 0.6 is 11.6 Å². The molecule has 1 fully saturated rings. The Kier molecular flexibility index (Phi) is 8.23. The topological polar surface area (TPSA) is 86.3 Å². The molecular weight excluding hydrogens is 496 g/mol. The van der Waals surface area contributed by atoms with E-state index in [1.54, 1.807) is 21.3 Å². The smallest absolute Gasteiger partial charge is 0.260 e. The number of piperazine rings is 1. The van der Waals surface area contributed by atoms with Crippen molar-refractivity contribution in [2.24, 2.45) is 0 Å². The molecule has 3 aromatic rings. The van der Waals surface area contributed by atoms with Crippen LogP contribution in [0, 0.1) is 13.8 Å². The van der Waals surface area contributed by atoms with Gasteiger partial charge in [-0.05, 0) is 61.4 Å². The van der Waals surface area contributed by atoms with Gasteiger partial charge in [-0.2, -0.15) is 0 Å². The molecule has 0 N–H and O–H groups in total. The second kappa shape index (κ2) is 11.6. The van der Waals surface area contributed by atoms with Gasteiger partial charge >= 0.3 is 0 Å². The number of methoxy groups -OCH3 is 3. The van der Waals surface area contributed by atoms with E-state index >= 15 is 0 Å². The standard InChI is InChI=1S/C27H31ClN4O5/c1-17-12-20(13-18(2)26(17)28)37-16-25(33)32-10-8-31(9-11-32)24-7-6-21(29-30-24)19-14-22(34-3)27(36-5)23(15-19)35-4/h6-7,12-15H,8-11,16H2,1-5H3. The van der Waals surface area contributed by atoms with Crippen LogP contribution in [-0.4, -0.2) is 75.1 Å². The van der Waals surface area contributed by atoms with E-state index in [4.69, 9.17) is 30.5 Å². The molecule has 1 amide bonds. The molecule has 37 heavy (non-hydrogen) atoms. The highest BCUT2D eigenvalue weighted by atomic mass is 35.5. The van der Waals surface area contributed by atoms with Crippen LogP contribution in [0.1, 0.15) is 11.1 Å². The van der Waals surface area contributed by atoms with Crippen LogP contribution in [0.2, 0.25) is 5.02 Å². The Labute approximate surface area is 221 Å². The number of ether oxygens (including phenoxy) is 4. The summed E-state index contributed by atoms with van der Waals surface area (Å²) in [6.45, 7) is 6.30. The van der Waals surface area contributed by atoms with E-state index in [9.17, 15) is 4.79 Å². The van der Waals surface area contributed by atoms with Crippen molar-refractivity contribution in [3.05, 3.63) is 52.5 Å². The number of hydrogen-bond acceptors (Lipinski definition) is 8. The zero-order valence-corrected chi connectivity index (χ0v) is 22.5. The van der Waals surface area contributed by atoms with Crippen molar-refractivity contribution in [2.45, 2.75) is 13.8 Å². The number of nitrogens with zero attached hydrogens (tertiary/aromatic N) is 4. The predicted molar refractivity (Wildman–Crippen MR) is 142 cm³/mol. The van der Waals surface area contributed by atoms with Gasteiger partial charge in [0.1, 0.15) is 5.75 Å². The molecule has 9 nitrogen and oxygen atoms in total. The van der Waals surface area contributed by atoms with Crippen LogP contribution < -0.4 is 23.8 Å². The van der Waals surface area contributed by atoms with Crippen LogP contribution in [0.15, 0.2) is 36.4 Å². The van der Waals surface area contributed by atoms with Gasteiger partial charge in [-0.25, -0.2) is 0 Å². The fourth-order valence-electron chi connectivity index (χ4n) is 4.29. The molecule has 0 aliphatic carbocycles. The van der Waals surface area contributed by atoms with Crippen molar-refractivity contribution in [1.82, 2.24) is 15.1 Å². The lowest BCUT2D eigenvalue weighted by atomic mass is 10.1. The molecule has 2 aromatic carbocycles. The first-order chi connectivity index (χ1) is 17.8. The number of carbonyl (C=O) groups excluding carboxylic acids is 1. The molecule has 0 radical (unpaired) electrons. The molecule has 1 aromatic heterocycles. The number of halogens is 1. The fraction of sp³-hybridized carbons (Fsp3) is 0.370. The molecule has 0 saturated carbocycles. The Hall–Kier alpha value is -3.72. The summed E-state index contributed by atoms with van der Waals surface area (Å²) in [4.78, 5) is 16.6. The maximum Gasteiger partial charge on any atom is 0.260 e. The minimum absolute atomic E-state index is 0.0101. The van der Waals surface area contributed by atoms with Crippen molar-refractivity contribution in [3.8, 4) is 34.3 Å². The van der Waals surface area contributed by atoms with Gasteiger partial charge in [0.15, 0.2) is 23.9 Å². The number of amides is 1. The van der Waals surface area contributed by atoms with Crippen molar-refractivity contribution in [3.63, 3.8) is 0 Å². The summed E-state index contributed by atoms with van der Waals surface area (Å²) in [5, 5.41) is 9.56. The van der Waals surface area contributed by atoms with Crippen molar-refractivity contribution in [1.29, 1.82) is 0 Å². The number of aromatic nitrogens is 2. The molecule has 196 valence electrons. The minimum atomic E-state index is -0.0475. The second-order valence-electron chi connectivity index (χ2n) is 8.72. The molecule has 10 heteroatoms. The maximum absolute atomic E-state index is 12.7. The molecule has 0 unspecified atom stereocenters. The maximum atomic E-state index is 12.7. The average molecular weight is 527 g/mol. The highest BCUT2D eigenvalue weighted by molar-refractivity contribution is 6.32. The lowest BCUT2D eigenvalue weighted by Gasteiger charge is -2.35. The highest BCUT2D eigenvalue weighted by Gasteiger charge is 2.23. The fourth-order valence-corrected chi connectivity index (χ4v) is 4.40. The molecule has 0 spiro atoms. The Morgan fingerprint density at radius 2 is 1.51 bits per heavy atom. The van der Waals surface area contributed by atoms with Crippen molar-refractivity contribution < 1.29 is 23.7 Å². The van der Waals surface area contributed by atoms with Gasteiger partial charge in [0, 0.05) is 36.8 Å². The summed E-state index contributed by atoms with van der Waals surface area (Å²) >= 11 is 6.21. The van der Waals surface area contributed by atoms with E-state index in [-0.39, 0.29) is 12.5 Å². The van der Waals surface area contributed by atoms with Gasteiger partial charge < -0.3 is 28.7 Å². The number of rotatable bonds is 8. The van der Waals surface area contributed by atoms with Gasteiger partial charge in [-0.1, -0.05) is 11.6 Å². The van der Waals surface area contributed by atoms with Crippen molar-refractivity contribution >= 4 is 23.3 Å². The van der Waals surface area contributed by atoms with E-state index in [1.165, 1.54) is 0 Å². The normalized spacial score (nSPS) is 13.4. The van der Waals surface area contributed by atoms with E-state index in [0.29, 0.717) is 54.9 Å². The number of aryl methyl sites for hydroxylation is 2. The third-order valence-electron chi connectivity index (χ3n) is 6.34. The third kappa shape index (κ3) is 5.83. The second-order valence-corrected chi connectivity index (χ2v) is 9.10. The molecule has 1 aliphatic heterocycles. The summed E-state index contributed by atoms with van der Waals surface area (Å²) in [6.07, 6.45) is 0. The van der Waals surface area contributed by atoms with E-state index in [2.05, 4.69) is 15.1 Å². The van der Waals surface area contributed by atoms with E-state index in [1.807, 2.05) is 55.1 Å². The van der Waals surface area contributed by atoms with Gasteiger partial charge in [-0.15, -0.1) is 10.2 Å². The van der Waals surface area contributed by atoms with Crippen LogP contribution in [-0.2, 0) is 4.79 Å². The summed E-state index contributed by atoms with van der Waals surface area (Å²) in [6, 6.07) is 11.2. The van der Waals surface area contributed by atoms with E-state index in [0.717, 1.165) is 27.5 Å². The lowest BCUT2D eigenvalue weighted by molar-refractivity contribution is -0.133. The average Bonchev–Trinajstić information content (AvgIpc) is 2.93. The first-order valence-corrected chi connectivity index (χ1v) is 12.3. The largest absolute Gasteiger partial charge is 0.493 e. The van der Waals surface area contributed by atoms with Gasteiger partial charge in [-0.3, -0.25) is 4.79 Å². The molecule has 1 saturated heterocycles. The SMILES string of the molecule is COc1cc(-c2ccc(N3CCN(C(=O)COc4cc(C)c(Cl)c(C)c4)CC3)nn2)cc(OC)c1OC. The zero-order valence-electron chi connectivity index (χ0n) is 21.7. The molecule has 4 rings (SSSR count). The van der Waals surface area contributed by atoms with Crippen LogP contribution in [0.4, 0.5) is 5.82 Å². The van der Waals surface area contributed by atoms with Crippen LogP contribution in [0.25, 0.3) is 11.3 Å². The van der Waals surface area contributed by atoms with Crippen LogP contribution in [0.3, 0.4) is 0 Å². The first kappa shape index (κ1) is 26.3. The zero-order chi connectivity index (χ0) is 26.5. The Bertz CT molecular complexity index is 1210. The minimum Gasteiger partial charge on any atom is -0.493 e. The first-order valence-electron chi connectivity index (χ1n) is 11.9. The lowest BCUT2D eigenvalue weighted by Crippen LogP contribution is -2.50. The summed E-state index contributed by atoms with van der Waals surface area (Å²) in [5.74, 6) is 2.98. The van der Waals surface area contributed by atoms with Crippen LogP contribution in [0.5, 0.6) is 23.0 Å². The Morgan fingerprint density at radius 1 is 0.892 bits per heavy atom. The Morgan fingerprint density at radius 3 is 2.03 bits per heavy atom. The third-order valence-corrected chi connectivity index (χ3v) is 6.94. The van der Waals surface area contributed by atoms with Gasteiger partial charge in [0.2, 0.25) is 5.75 Å². The molecule has 0 atom stereocenters. The predicted octanol–water partition coefficient (Wildman–Crippen LogP) is 4.17. The van der Waals surface area contributed by atoms with Gasteiger partial charge in [0.05, 0.1) is 27.0 Å². The number of carbonyl (C=O) groups is 1. The van der Waals surface area contributed by atoms with Gasteiger partial charge in [0.25, 0.3) is 5.91 Å². The Balaban J connectivity index is 1.35. The molecule has 2 heterocycles. The molecular formula is C27H31ClN4O5. The van der Waals surface area contributed by atoms with Crippen molar-refractivity contribution in [2.75, 3.05) is 59.0 Å². The van der Waals surface area contributed by atoms with E-state index < -0.39 is 0 Å². The number of hydrogen-bond donors (Lipinski definition) is 0. The highest BCUT2D eigenvalue weighted by Crippen LogP contribution is 2.40. The summed E-state index contributed by atoms with van der Waals surface area (Å²) in [5.41, 5.74) is 3.34. The monoisotopic (exact) mass is 526 g/mol. The quantitative estimate of drug-likeness (QED) is 0.432. The molecule has 0 bridgehead atoms. The summed E-state index contributed by atoms with van der Waals surface area (Å²) < 4.78 is 22.0. The summed E-state index contributed by atoms with van der Waals surface area (Å²) in [7, 11) is 4.72. The molecule has 1 aliphatic rings.